The Balaban J connectivity index is 1.65. The zero-order chi connectivity index (χ0) is 15.4. The molecule has 0 aliphatic carbocycles. The molecule has 0 spiro atoms. The van der Waals surface area contributed by atoms with Crippen molar-refractivity contribution in [2.24, 2.45) is 5.10 Å². The molecular formula is C15H13N3O3S. The number of rotatable bonds is 4. The summed E-state index contributed by atoms with van der Waals surface area (Å²) in [5.41, 5.74) is 3.93. The number of carbonyl (C=O) groups is 2. The number of para-hydroxylation sites is 2. The first-order valence-electron chi connectivity index (χ1n) is 6.60. The van der Waals surface area contributed by atoms with Crippen LogP contribution in [0.5, 0.6) is 5.75 Å². The average molecular weight is 315 g/mol. The molecule has 22 heavy (non-hydrogen) atoms. The number of amides is 2. The van der Waals surface area contributed by atoms with Crippen molar-refractivity contribution >= 4 is 35.1 Å². The number of anilines is 1. The lowest BCUT2D eigenvalue weighted by atomic mass is 10.2. The molecule has 2 heterocycles. The van der Waals surface area contributed by atoms with Gasteiger partial charge in [-0.3, -0.25) is 14.5 Å². The third kappa shape index (κ3) is 3.15. The first kappa shape index (κ1) is 14.3. The van der Waals surface area contributed by atoms with Gasteiger partial charge in [0.1, 0.15) is 12.3 Å². The number of benzene rings is 1. The molecule has 1 aliphatic heterocycles. The Morgan fingerprint density at radius 3 is 3.09 bits per heavy atom. The van der Waals surface area contributed by atoms with Gasteiger partial charge in [-0.25, -0.2) is 5.43 Å². The third-order valence-electron chi connectivity index (χ3n) is 3.06. The first-order valence-corrected chi connectivity index (χ1v) is 7.54. The second-order valence-electron chi connectivity index (χ2n) is 4.59. The van der Waals surface area contributed by atoms with Gasteiger partial charge in [0.25, 0.3) is 11.8 Å². The molecule has 6 nitrogen and oxygen atoms in total. The van der Waals surface area contributed by atoms with Crippen LogP contribution < -0.4 is 15.1 Å². The Kier molecular flexibility index (Phi) is 4.15. The van der Waals surface area contributed by atoms with E-state index in [2.05, 4.69) is 10.5 Å². The number of nitrogens with one attached hydrogen (secondary N) is 1. The maximum absolute atomic E-state index is 11.9. The van der Waals surface area contributed by atoms with Gasteiger partial charge in [0.05, 0.1) is 11.9 Å². The zero-order valence-electron chi connectivity index (χ0n) is 11.6. The third-order valence-corrected chi connectivity index (χ3v) is 3.76. The second kappa shape index (κ2) is 6.40. The van der Waals surface area contributed by atoms with Crippen LogP contribution in [0.3, 0.4) is 0 Å². The summed E-state index contributed by atoms with van der Waals surface area (Å²) < 4.78 is 5.33. The predicted molar refractivity (Wildman–Crippen MR) is 84.3 cm³/mol. The highest BCUT2D eigenvalue weighted by Crippen LogP contribution is 2.31. The summed E-state index contributed by atoms with van der Waals surface area (Å²) in [7, 11) is 0. The lowest BCUT2D eigenvalue weighted by Crippen LogP contribution is -2.44. The molecule has 0 atom stereocenters. The molecule has 0 saturated carbocycles. The summed E-state index contributed by atoms with van der Waals surface area (Å²) in [4.78, 5) is 25.3. The molecular weight excluding hydrogens is 302 g/mol. The minimum atomic E-state index is -0.364. The second-order valence-corrected chi connectivity index (χ2v) is 5.37. The highest BCUT2D eigenvalue weighted by atomic mass is 32.1. The summed E-state index contributed by atoms with van der Waals surface area (Å²) in [5.74, 6) is -0.0242. The summed E-state index contributed by atoms with van der Waals surface area (Å²) in [5, 5.41) is 7.71. The molecule has 1 N–H and O–H groups in total. The number of thiophene rings is 1. The van der Waals surface area contributed by atoms with Gasteiger partial charge < -0.3 is 4.74 Å². The van der Waals surface area contributed by atoms with Crippen LogP contribution in [0, 0.1) is 0 Å². The smallest absolute Gasteiger partial charge is 0.265 e. The number of fused-ring (bicyclic) bond motifs is 1. The normalized spacial score (nSPS) is 13.8. The minimum absolute atomic E-state index is 0.0670. The molecule has 7 heteroatoms. The Morgan fingerprint density at radius 2 is 2.27 bits per heavy atom. The molecule has 0 bridgehead atoms. The largest absolute Gasteiger partial charge is 0.482 e. The van der Waals surface area contributed by atoms with Crippen molar-refractivity contribution in [3.8, 4) is 5.75 Å². The molecule has 1 aliphatic rings. The summed E-state index contributed by atoms with van der Waals surface area (Å²) in [6.45, 7) is -0.164. The monoisotopic (exact) mass is 315 g/mol. The lowest BCUT2D eigenvalue weighted by molar-refractivity contribution is -0.125. The van der Waals surface area contributed by atoms with E-state index in [4.69, 9.17) is 4.74 Å². The van der Waals surface area contributed by atoms with Crippen LogP contribution in [0.1, 0.15) is 5.56 Å². The van der Waals surface area contributed by atoms with E-state index in [0.29, 0.717) is 11.4 Å². The molecule has 1 aromatic heterocycles. The zero-order valence-corrected chi connectivity index (χ0v) is 12.4. The van der Waals surface area contributed by atoms with E-state index in [1.54, 1.807) is 35.8 Å². The Labute approximate surface area is 131 Å². The molecule has 2 amide bonds. The van der Waals surface area contributed by atoms with E-state index >= 15 is 0 Å². The number of ether oxygens (including phenoxy) is 1. The topological polar surface area (TPSA) is 71.0 Å². The van der Waals surface area contributed by atoms with E-state index in [0.717, 1.165) is 5.56 Å². The van der Waals surface area contributed by atoms with Crippen molar-refractivity contribution in [1.29, 1.82) is 0 Å². The number of nitrogens with zero attached hydrogens (tertiary/aromatic N) is 2. The standard InChI is InChI=1S/C15H13N3O3S/c19-14(17-16-7-11-5-6-22-10-11)8-18-12-3-1-2-4-13(12)21-9-15(18)20/h1-7,10H,8-9H2,(H,17,19)/b16-7-. The van der Waals surface area contributed by atoms with Crippen LogP contribution in [0.4, 0.5) is 5.69 Å². The van der Waals surface area contributed by atoms with Crippen LogP contribution in [0.25, 0.3) is 0 Å². The molecule has 0 unspecified atom stereocenters. The van der Waals surface area contributed by atoms with Crippen LogP contribution in [0.15, 0.2) is 46.2 Å². The first-order chi connectivity index (χ1) is 10.7. The highest BCUT2D eigenvalue weighted by molar-refractivity contribution is 7.08. The van der Waals surface area contributed by atoms with Crippen molar-refractivity contribution < 1.29 is 14.3 Å². The van der Waals surface area contributed by atoms with Crippen molar-refractivity contribution in [3.63, 3.8) is 0 Å². The van der Waals surface area contributed by atoms with E-state index in [-0.39, 0.29) is 25.0 Å². The van der Waals surface area contributed by atoms with E-state index in [9.17, 15) is 9.59 Å². The van der Waals surface area contributed by atoms with E-state index in [1.165, 1.54) is 4.90 Å². The number of hydrazone groups is 1. The number of hydrogen-bond donors (Lipinski definition) is 1. The van der Waals surface area contributed by atoms with Gasteiger partial charge in [-0.2, -0.15) is 16.4 Å². The van der Waals surface area contributed by atoms with Gasteiger partial charge in [-0.05, 0) is 29.0 Å². The van der Waals surface area contributed by atoms with Gasteiger partial charge >= 0.3 is 0 Å². The molecule has 112 valence electrons. The van der Waals surface area contributed by atoms with E-state index < -0.39 is 0 Å². The number of carbonyl (C=O) groups excluding carboxylic acids is 2. The van der Waals surface area contributed by atoms with Gasteiger partial charge in [-0.1, -0.05) is 12.1 Å². The van der Waals surface area contributed by atoms with Gasteiger partial charge in [0.2, 0.25) is 0 Å². The van der Waals surface area contributed by atoms with Crippen LogP contribution in [-0.4, -0.2) is 31.2 Å². The lowest BCUT2D eigenvalue weighted by Gasteiger charge is -2.28. The summed E-state index contributed by atoms with van der Waals surface area (Å²) in [6.07, 6.45) is 1.56. The number of hydrogen-bond acceptors (Lipinski definition) is 5. The Hall–Kier alpha value is -2.67. The Morgan fingerprint density at radius 1 is 1.41 bits per heavy atom. The quantitative estimate of drug-likeness (QED) is 0.688. The van der Waals surface area contributed by atoms with E-state index in [1.807, 2.05) is 22.9 Å². The summed E-state index contributed by atoms with van der Waals surface area (Å²) in [6, 6.07) is 9.01. The van der Waals surface area contributed by atoms with Crippen molar-refractivity contribution in [2.75, 3.05) is 18.1 Å². The SMILES string of the molecule is O=C(CN1C(=O)COc2ccccc21)N/N=C\c1ccsc1. The van der Waals surface area contributed by atoms with Crippen LogP contribution in [0.2, 0.25) is 0 Å². The van der Waals surface area contributed by atoms with Gasteiger partial charge in [0.15, 0.2) is 6.61 Å². The van der Waals surface area contributed by atoms with Crippen molar-refractivity contribution in [2.45, 2.75) is 0 Å². The maximum Gasteiger partial charge on any atom is 0.265 e. The van der Waals surface area contributed by atoms with Crippen molar-refractivity contribution in [1.82, 2.24) is 5.43 Å². The minimum Gasteiger partial charge on any atom is -0.482 e. The molecule has 0 saturated heterocycles. The van der Waals surface area contributed by atoms with Crippen molar-refractivity contribution in [3.05, 3.63) is 46.7 Å². The van der Waals surface area contributed by atoms with Crippen LogP contribution >= 0.6 is 11.3 Å². The maximum atomic E-state index is 11.9. The fourth-order valence-corrected chi connectivity index (χ4v) is 2.64. The fraction of sp³-hybridized carbons (Fsp3) is 0.133. The van der Waals surface area contributed by atoms with Gasteiger partial charge in [-0.15, -0.1) is 0 Å². The summed E-state index contributed by atoms with van der Waals surface area (Å²) >= 11 is 1.55. The molecule has 3 rings (SSSR count). The molecule has 0 fully saturated rings. The molecule has 0 radical (unpaired) electrons. The Bertz CT molecular complexity index is 713. The molecule has 2 aromatic rings. The van der Waals surface area contributed by atoms with Crippen LogP contribution in [-0.2, 0) is 9.59 Å². The average Bonchev–Trinajstić information content (AvgIpc) is 3.03. The van der Waals surface area contributed by atoms with Gasteiger partial charge in [0, 0.05) is 5.56 Å². The highest BCUT2D eigenvalue weighted by Gasteiger charge is 2.26. The predicted octanol–water partition coefficient (Wildman–Crippen LogP) is 1.62. The fourth-order valence-electron chi connectivity index (χ4n) is 2.03. The molecule has 1 aromatic carbocycles.